The molecular formula is C20H20ClN3O2. The van der Waals surface area contributed by atoms with Crippen molar-refractivity contribution in [3.05, 3.63) is 65.0 Å². The lowest BCUT2D eigenvalue weighted by atomic mass is 10.1. The Balaban J connectivity index is 1.44. The summed E-state index contributed by atoms with van der Waals surface area (Å²) >= 11 is 6.27. The van der Waals surface area contributed by atoms with E-state index in [2.05, 4.69) is 21.1 Å². The standard InChI is InChI=1S/C20H20ClN3O2/c1-25-17-7-4-6-14(11-17)19-22-20(26-23-19)16-9-10-24(13-16)12-15-5-2-3-8-18(15)21/h2-8,11,16H,9-10,12-13H2,1H3/t16-/m0/s1. The SMILES string of the molecule is COc1cccc(-c2noc([C@H]3CCN(Cc4ccccc4Cl)C3)n2)c1. The molecule has 2 heterocycles. The number of benzene rings is 2. The molecule has 4 rings (SSSR count). The summed E-state index contributed by atoms with van der Waals surface area (Å²) in [5, 5.41) is 4.96. The Labute approximate surface area is 157 Å². The largest absolute Gasteiger partial charge is 0.497 e. The Bertz CT molecular complexity index is 896. The van der Waals surface area contributed by atoms with Crippen molar-refractivity contribution in [1.82, 2.24) is 15.0 Å². The molecule has 1 aliphatic heterocycles. The zero-order valence-electron chi connectivity index (χ0n) is 14.6. The van der Waals surface area contributed by atoms with Gasteiger partial charge in [0.2, 0.25) is 11.7 Å². The van der Waals surface area contributed by atoms with E-state index < -0.39 is 0 Å². The van der Waals surface area contributed by atoms with Crippen LogP contribution in [0.2, 0.25) is 5.02 Å². The summed E-state index contributed by atoms with van der Waals surface area (Å²) in [5.41, 5.74) is 2.04. The van der Waals surface area contributed by atoms with E-state index in [1.165, 1.54) is 0 Å². The van der Waals surface area contributed by atoms with Gasteiger partial charge in [-0.05, 0) is 36.7 Å². The summed E-state index contributed by atoms with van der Waals surface area (Å²) in [6.45, 7) is 2.73. The van der Waals surface area contributed by atoms with Crippen molar-refractivity contribution >= 4 is 11.6 Å². The number of hydrogen-bond donors (Lipinski definition) is 0. The first kappa shape index (κ1) is 17.1. The molecule has 3 aromatic rings. The fraction of sp³-hybridized carbons (Fsp3) is 0.300. The molecule has 0 bridgehead atoms. The number of aromatic nitrogens is 2. The number of halogens is 1. The molecule has 1 saturated heterocycles. The highest BCUT2D eigenvalue weighted by Crippen LogP contribution is 2.30. The molecule has 26 heavy (non-hydrogen) atoms. The molecule has 0 radical (unpaired) electrons. The van der Waals surface area contributed by atoms with Crippen LogP contribution in [0, 0.1) is 0 Å². The van der Waals surface area contributed by atoms with Gasteiger partial charge in [0.25, 0.3) is 0 Å². The van der Waals surface area contributed by atoms with Crippen molar-refractivity contribution in [2.24, 2.45) is 0 Å². The van der Waals surface area contributed by atoms with Gasteiger partial charge in [-0.3, -0.25) is 4.90 Å². The fourth-order valence-electron chi connectivity index (χ4n) is 3.33. The molecule has 0 spiro atoms. The summed E-state index contributed by atoms with van der Waals surface area (Å²) in [6, 6.07) is 15.7. The lowest BCUT2D eigenvalue weighted by Gasteiger charge is -2.16. The quantitative estimate of drug-likeness (QED) is 0.667. The lowest BCUT2D eigenvalue weighted by Crippen LogP contribution is -2.20. The Morgan fingerprint density at radius 1 is 1.23 bits per heavy atom. The zero-order valence-corrected chi connectivity index (χ0v) is 15.3. The van der Waals surface area contributed by atoms with Gasteiger partial charge in [-0.15, -0.1) is 0 Å². The maximum absolute atomic E-state index is 6.27. The Morgan fingerprint density at radius 3 is 2.96 bits per heavy atom. The van der Waals surface area contributed by atoms with Crippen molar-refractivity contribution in [3.63, 3.8) is 0 Å². The van der Waals surface area contributed by atoms with Crippen molar-refractivity contribution < 1.29 is 9.26 Å². The average molecular weight is 370 g/mol. The molecule has 1 aliphatic rings. The summed E-state index contributed by atoms with van der Waals surface area (Å²) < 4.78 is 10.8. The number of nitrogens with zero attached hydrogens (tertiary/aromatic N) is 3. The first-order valence-electron chi connectivity index (χ1n) is 8.66. The van der Waals surface area contributed by atoms with Gasteiger partial charge in [-0.1, -0.05) is 47.1 Å². The van der Waals surface area contributed by atoms with E-state index in [-0.39, 0.29) is 5.92 Å². The molecule has 1 aromatic heterocycles. The zero-order chi connectivity index (χ0) is 17.9. The van der Waals surface area contributed by atoms with Crippen molar-refractivity contribution in [2.75, 3.05) is 20.2 Å². The third kappa shape index (κ3) is 3.59. The van der Waals surface area contributed by atoms with Crippen LogP contribution in [0.25, 0.3) is 11.4 Å². The summed E-state index contributed by atoms with van der Waals surface area (Å²) in [7, 11) is 1.65. The van der Waals surface area contributed by atoms with Crippen LogP contribution in [0.4, 0.5) is 0 Å². The van der Waals surface area contributed by atoms with Crippen molar-refractivity contribution in [1.29, 1.82) is 0 Å². The highest BCUT2D eigenvalue weighted by atomic mass is 35.5. The van der Waals surface area contributed by atoms with Crippen molar-refractivity contribution in [2.45, 2.75) is 18.9 Å². The first-order valence-corrected chi connectivity index (χ1v) is 9.04. The molecule has 0 amide bonds. The number of ether oxygens (including phenoxy) is 1. The van der Waals surface area contributed by atoms with Gasteiger partial charge in [0.1, 0.15) is 5.75 Å². The molecule has 1 fully saturated rings. The minimum absolute atomic E-state index is 0.254. The van der Waals surface area contributed by atoms with E-state index in [1.54, 1.807) is 7.11 Å². The van der Waals surface area contributed by atoms with Crippen LogP contribution >= 0.6 is 11.6 Å². The Hall–Kier alpha value is -2.37. The second-order valence-corrected chi connectivity index (χ2v) is 6.91. The minimum Gasteiger partial charge on any atom is -0.497 e. The van der Waals surface area contributed by atoms with Crippen LogP contribution in [0.15, 0.2) is 53.1 Å². The highest BCUT2D eigenvalue weighted by molar-refractivity contribution is 6.31. The van der Waals surface area contributed by atoms with Crippen LogP contribution in [-0.4, -0.2) is 35.2 Å². The van der Waals surface area contributed by atoms with E-state index in [0.717, 1.165) is 48.0 Å². The molecule has 134 valence electrons. The van der Waals surface area contributed by atoms with Gasteiger partial charge < -0.3 is 9.26 Å². The molecule has 1 atom stereocenters. The second kappa shape index (κ2) is 7.48. The summed E-state index contributed by atoms with van der Waals surface area (Å²) in [5.74, 6) is 2.33. The van der Waals surface area contributed by atoms with Crippen LogP contribution in [0.3, 0.4) is 0 Å². The monoisotopic (exact) mass is 369 g/mol. The topological polar surface area (TPSA) is 51.4 Å². The van der Waals surface area contributed by atoms with Crippen molar-refractivity contribution in [3.8, 4) is 17.1 Å². The van der Waals surface area contributed by atoms with Gasteiger partial charge in [0.15, 0.2) is 0 Å². The maximum Gasteiger partial charge on any atom is 0.231 e. The number of hydrogen-bond acceptors (Lipinski definition) is 5. The number of methoxy groups -OCH3 is 1. The van der Waals surface area contributed by atoms with Crippen LogP contribution < -0.4 is 4.74 Å². The Morgan fingerprint density at radius 2 is 2.12 bits per heavy atom. The normalized spacial score (nSPS) is 17.5. The summed E-state index contributed by atoms with van der Waals surface area (Å²) in [4.78, 5) is 6.99. The molecule has 0 saturated carbocycles. The van der Waals surface area contributed by atoms with Gasteiger partial charge in [0.05, 0.1) is 13.0 Å². The molecule has 0 N–H and O–H groups in total. The second-order valence-electron chi connectivity index (χ2n) is 6.50. The molecule has 5 nitrogen and oxygen atoms in total. The van der Waals surface area contributed by atoms with E-state index >= 15 is 0 Å². The predicted molar refractivity (Wildman–Crippen MR) is 100 cm³/mol. The third-order valence-corrected chi connectivity index (χ3v) is 5.11. The number of rotatable bonds is 5. The van der Waals surface area contributed by atoms with Crippen LogP contribution in [0.1, 0.15) is 23.8 Å². The van der Waals surface area contributed by atoms with E-state index in [1.807, 2.05) is 42.5 Å². The number of likely N-dealkylation sites (tertiary alicyclic amines) is 1. The van der Waals surface area contributed by atoms with Crippen LogP contribution in [-0.2, 0) is 6.54 Å². The third-order valence-electron chi connectivity index (χ3n) is 4.74. The van der Waals surface area contributed by atoms with E-state index in [0.29, 0.717) is 11.7 Å². The molecule has 0 aliphatic carbocycles. The molecule has 6 heteroatoms. The maximum atomic E-state index is 6.27. The smallest absolute Gasteiger partial charge is 0.231 e. The first-order chi connectivity index (χ1) is 12.7. The molecule has 0 unspecified atom stereocenters. The Kier molecular flexibility index (Phi) is 4.91. The van der Waals surface area contributed by atoms with E-state index in [4.69, 9.17) is 20.9 Å². The fourth-order valence-corrected chi connectivity index (χ4v) is 3.52. The van der Waals surface area contributed by atoms with Gasteiger partial charge in [-0.2, -0.15) is 4.98 Å². The van der Waals surface area contributed by atoms with Crippen LogP contribution in [0.5, 0.6) is 5.75 Å². The molecule has 2 aromatic carbocycles. The predicted octanol–water partition coefficient (Wildman–Crippen LogP) is 4.39. The average Bonchev–Trinajstić information content (AvgIpc) is 3.33. The highest BCUT2D eigenvalue weighted by Gasteiger charge is 2.28. The molecular weight excluding hydrogens is 350 g/mol. The van der Waals surface area contributed by atoms with Gasteiger partial charge in [0, 0.05) is 23.7 Å². The van der Waals surface area contributed by atoms with Gasteiger partial charge >= 0.3 is 0 Å². The minimum atomic E-state index is 0.254. The van der Waals surface area contributed by atoms with E-state index in [9.17, 15) is 0 Å². The summed E-state index contributed by atoms with van der Waals surface area (Å²) in [6.07, 6.45) is 1.00. The van der Waals surface area contributed by atoms with Gasteiger partial charge in [-0.25, -0.2) is 0 Å². The lowest BCUT2D eigenvalue weighted by molar-refractivity contribution is 0.309.